The summed E-state index contributed by atoms with van der Waals surface area (Å²) in [6, 6.07) is 4.08. The molecule has 2 aromatic heterocycles. The molecule has 160 valence electrons. The Hall–Kier alpha value is -3.11. The van der Waals surface area contributed by atoms with Gasteiger partial charge in [-0.25, -0.2) is 13.8 Å². The average Bonchev–Trinajstić information content (AvgIpc) is 2.67. The molecular formula is C20H22F2N4O4. The first-order valence-corrected chi connectivity index (χ1v) is 9.20. The number of hydrogen-bond donors (Lipinski definition) is 3. The lowest BCUT2D eigenvalue weighted by Gasteiger charge is -2.23. The average molecular weight is 420 g/mol. The van der Waals surface area contributed by atoms with Gasteiger partial charge in [-0.2, -0.15) is 4.98 Å². The van der Waals surface area contributed by atoms with E-state index in [1.807, 2.05) is 0 Å². The van der Waals surface area contributed by atoms with Gasteiger partial charge in [0, 0.05) is 17.6 Å². The number of halogens is 2. The Kier molecular flexibility index (Phi) is 5.99. The van der Waals surface area contributed by atoms with E-state index in [0.717, 1.165) is 12.1 Å². The normalized spacial score (nSPS) is 12.8. The summed E-state index contributed by atoms with van der Waals surface area (Å²) in [5.74, 6) is -2.10. The van der Waals surface area contributed by atoms with Crippen molar-refractivity contribution in [1.82, 2.24) is 14.5 Å². The van der Waals surface area contributed by atoms with Gasteiger partial charge in [0.05, 0.1) is 24.8 Å². The molecule has 0 saturated carbocycles. The molecule has 8 nitrogen and oxygen atoms in total. The minimum absolute atomic E-state index is 0.0989. The second-order valence-electron chi connectivity index (χ2n) is 7.59. The molecule has 0 aliphatic rings. The van der Waals surface area contributed by atoms with E-state index < -0.39 is 28.8 Å². The molecule has 10 heteroatoms. The Labute approximate surface area is 170 Å². The molecule has 0 bridgehead atoms. The van der Waals surface area contributed by atoms with Crippen molar-refractivity contribution in [3.63, 3.8) is 0 Å². The Bertz CT molecular complexity index is 1130. The number of aliphatic hydroxyl groups is 2. The smallest absolute Gasteiger partial charge is 0.295 e. The van der Waals surface area contributed by atoms with E-state index in [1.165, 1.54) is 23.8 Å². The van der Waals surface area contributed by atoms with E-state index in [0.29, 0.717) is 11.5 Å². The summed E-state index contributed by atoms with van der Waals surface area (Å²) < 4.78 is 33.7. The highest BCUT2D eigenvalue weighted by molar-refractivity contribution is 5.77. The number of benzene rings is 1. The van der Waals surface area contributed by atoms with Crippen LogP contribution in [0.1, 0.15) is 20.8 Å². The van der Waals surface area contributed by atoms with Crippen LogP contribution in [-0.4, -0.2) is 43.0 Å². The number of ether oxygens (including phenoxy) is 1. The fraction of sp³-hybridized carbons (Fsp3) is 0.350. The molecule has 1 aromatic carbocycles. The number of nitrogens with zero attached hydrogens (tertiary/aromatic N) is 3. The number of rotatable bonds is 7. The van der Waals surface area contributed by atoms with E-state index in [4.69, 9.17) is 4.74 Å². The summed E-state index contributed by atoms with van der Waals surface area (Å²) in [7, 11) is 0. The zero-order valence-electron chi connectivity index (χ0n) is 16.7. The fourth-order valence-electron chi connectivity index (χ4n) is 2.72. The number of aromatic nitrogens is 3. The van der Waals surface area contributed by atoms with Gasteiger partial charge in [0.25, 0.3) is 5.56 Å². The Balaban J connectivity index is 2.12. The molecule has 0 aliphatic carbocycles. The molecule has 0 aliphatic heterocycles. The molecule has 3 rings (SSSR count). The van der Waals surface area contributed by atoms with Crippen molar-refractivity contribution in [1.29, 1.82) is 0 Å². The number of nitrogens with one attached hydrogen (secondary N) is 1. The minimum Gasteiger partial charge on any atom is -0.448 e. The van der Waals surface area contributed by atoms with Crippen LogP contribution in [0.15, 0.2) is 35.3 Å². The maximum absolute atomic E-state index is 14.0. The molecule has 2 heterocycles. The lowest BCUT2D eigenvalue weighted by molar-refractivity contribution is 0.173. The summed E-state index contributed by atoms with van der Waals surface area (Å²) in [4.78, 5) is 21.5. The molecule has 3 N–H and O–H groups in total. The molecule has 3 aromatic rings. The number of pyridine rings is 1. The first-order chi connectivity index (χ1) is 14.1. The van der Waals surface area contributed by atoms with E-state index in [1.54, 1.807) is 13.8 Å². The maximum Gasteiger partial charge on any atom is 0.295 e. The van der Waals surface area contributed by atoms with Crippen molar-refractivity contribution in [2.75, 3.05) is 11.9 Å². The first kappa shape index (κ1) is 21.6. The summed E-state index contributed by atoms with van der Waals surface area (Å²) >= 11 is 0. The van der Waals surface area contributed by atoms with Gasteiger partial charge in [-0.1, -0.05) is 0 Å². The Morgan fingerprint density at radius 1 is 1.27 bits per heavy atom. The molecule has 1 atom stereocenters. The van der Waals surface area contributed by atoms with Crippen LogP contribution in [0.3, 0.4) is 0 Å². The number of fused-ring (bicyclic) bond motifs is 1. The molecule has 0 fully saturated rings. The van der Waals surface area contributed by atoms with Gasteiger partial charge in [-0.05, 0) is 39.0 Å². The molecule has 30 heavy (non-hydrogen) atoms. The zero-order valence-corrected chi connectivity index (χ0v) is 16.7. The van der Waals surface area contributed by atoms with Crippen LogP contribution < -0.4 is 15.6 Å². The van der Waals surface area contributed by atoms with Crippen molar-refractivity contribution < 1.29 is 23.7 Å². The van der Waals surface area contributed by atoms with Gasteiger partial charge in [-0.15, -0.1) is 0 Å². The van der Waals surface area contributed by atoms with E-state index in [2.05, 4.69) is 15.3 Å². The van der Waals surface area contributed by atoms with Crippen LogP contribution in [0.2, 0.25) is 0 Å². The number of aliphatic hydroxyl groups excluding tert-OH is 2. The Morgan fingerprint density at radius 3 is 2.63 bits per heavy atom. The third-order valence-corrected chi connectivity index (χ3v) is 4.20. The van der Waals surface area contributed by atoms with E-state index in [-0.39, 0.29) is 36.2 Å². The van der Waals surface area contributed by atoms with Gasteiger partial charge in [-0.3, -0.25) is 9.36 Å². The monoisotopic (exact) mass is 420 g/mol. The molecule has 0 saturated heterocycles. The van der Waals surface area contributed by atoms with Crippen molar-refractivity contribution in [2.24, 2.45) is 0 Å². The quantitative estimate of drug-likeness (QED) is 0.539. The fourth-order valence-corrected chi connectivity index (χ4v) is 2.72. The van der Waals surface area contributed by atoms with Crippen LogP contribution in [0.5, 0.6) is 11.5 Å². The van der Waals surface area contributed by atoms with Gasteiger partial charge < -0.3 is 20.3 Å². The van der Waals surface area contributed by atoms with Crippen LogP contribution in [0.4, 0.5) is 14.7 Å². The van der Waals surface area contributed by atoms with Gasteiger partial charge in [0.1, 0.15) is 11.5 Å². The molecule has 0 unspecified atom stereocenters. The number of anilines is 1. The van der Waals surface area contributed by atoms with Gasteiger partial charge in [0.15, 0.2) is 17.3 Å². The highest BCUT2D eigenvalue weighted by Gasteiger charge is 2.20. The van der Waals surface area contributed by atoms with Crippen molar-refractivity contribution in [2.45, 2.75) is 39.0 Å². The highest BCUT2D eigenvalue weighted by Crippen LogP contribution is 2.25. The summed E-state index contributed by atoms with van der Waals surface area (Å²) in [6.45, 7) is 4.72. The Morgan fingerprint density at radius 2 is 2.00 bits per heavy atom. The van der Waals surface area contributed by atoms with Crippen LogP contribution in [-0.2, 0) is 6.54 Å². The predicted molar refractivity (Wildman–Crippen MR) is 107 cm³/mol. The van der Waals surface area contributed by atoms with Crippen LogP contribution in [0, 0.1) is 11.6 Å². The largest absolute Gasteiger partial charge is 0.448 e. The first-order valence-electron chi connectivity index (χ1n) is 9.20. The van der Waals surface area contributed by atoms with Crippen LogP contribution >= 0.6 is 0 Å². The minimum atomic E-state index is -0.960. The summed E-state index contributed by atoms with van der Waals surface area (Å²) in [5.41, 5.74) is -1.14. The zero-order chi connectivity index (χ0) is 22.1. The molecular weight excluding hydrogens is 398 g/mol. The molecule has 0 amide bonds. The standard InChI is InChI=1S/C20H22F2N4O4/c1-11(28)9-26-17-12(8-23-19(24-17)25-20(2,3)10-27)6-16(18(26)29)30-15-5-4-13(21)7-14(15)22/h4-8,11,27-28H,9-10H2,1-3H3,(H,23,24,25)/t11-/m1/s1. The highest BCUT2D eigenvalue weighted by atomic mass is 19.1. The van der Waals surface area contributed by atoms with E-state index >= 15 is 0 Å². The lowest BCUT2D eigenvalue weighted by Crippen LogP contribution is -2.36. The predicted octanol–water partition coefficient (Wildman–Crippen LogP) is 2.43. The van der Waals surface area contributed by atoms with Gasteiger partial charge >= 0.3 is 0 Å². The van der Waals surface area contributed by atoms with Crippen molar-refractivity contribution in [3.8, 4) is 11.5 Å². The van der Waals surface area contributed by atoms with Gasteiger partial charge in [0.2, 0.25) is 5.95 Å². The summed E-state index contributed by atoms with van der Waals surface area (Å²) in [5, 5.41) is 22.6. The van der Waals surface area contributed by atoms with E-state index in [9.17, 15) is 23.8 Å². The SMILES string of the molecule is C[C@@H](O)Cn1c(=O)c(Oc2ccc(F)cc2F)cc2cnc(NC(C)(C)CO)nc21. The second-order valence-corrected chi connectivity index (χ2v) is 7.59. The topological polar surface area (TPSA) is 110 Å². The van der Waals surface area contributed by atoms with Crippen molar-refractivity contribution in [3.05, 3.63) is 52.5 Å². The molecule has 0 radical (unpaired) electrons. The van der Waals surface area contributed by atoms with Crippen molar-refractivity contribution >= 4 is 17.0 Å². The van der Waals surface area contributed by atoms with Crippen LogP contribution in [0.25, 0.3) is 11.0 Å². The number of hydrogen-bond acceptors (Lipinski definition) is 7. The third kappa shape index (κ3) is 4.71. The second kappa shape index (κ2) is 8.33. The summed E-state index contributed by atoms with van der Waals surface area (Å²) in [6.07, 6.45) is 0.549. The third-order valence-electron chi connectivity index (χ3n) is 4.20. The lowest BCUT2D eigenvalue weighted by atomic mass is 10.1. The maximum atomic E-state index is 14.0. The molecule has 0 spiro atoms.